The Labute approximate surface area is 173 Å². The molecule has 1 fully saturated rings. The SMILES string of the molecule is COc1ccc(S(=O)(=O)N2CCC(C(=O)Nc3ccc(F)c(F)c3)CC2)cc1OC. The number of piperidine rings is 1. The van der Waals surface area contributed by atoms with Crippen LogP contribution in [-0.4, -0.2) is 45.9 Å². The molecule has 0 aromatic heterocycles. The van der Waals surface area contributed by atoms with Crippen LogP contribution >= 0.6 is 0 Å². The van der Waals surface area contributed by atoms with Crippen molar-refractivity contribution in [1.82, 2.24) is 4.31 Å². The molecule has 30 heavy (non-hydrogen) atoms. The molecule has 1 saturated heterocycles. The minimum atomic E-state index is -3.76. The first-order chi connectivity index (χ1) is 14.3. The minimum absolute atomic E-state index is 0.0739. The molecule has 0 aliphatic carbocycles. The molecule has 1 amide bonds. The molecule has 1 heterocycles. The van der Waals surface area contributed by atoms with Crippen molar-refractivity contribution in [3.05, 3.63) is 48.0 Å². The Morgan fingerprint density at radius 1 is 1.00 bits per heavy atom. The molecular formula is C20H22F2N2O5S. The van der Waals surface area contributed by atoms with Crippen LogP contribution in [-0.2, 0) is 14.8 Å². The van der Waals surface area contributed by atoms with Crippen molar-refractivity contribution in [2.24, 2.45) is 5.92 Å². The zero-order chi connectivity index (χ0) is 21.9. The number of ether oxygens (including phenoxy) is 2. The fraction of sp³-hybridized carbons (Fsp3) is 0.350. The maximum Gasteiger partial charge on any atom is 0.243 e. The van der Waals surface area contributed by atoms with Crippen LogP contribution in [0.1, 0.15) is 12.8 Å². The Bertz CT molecular complexity index is 1040. The van der Waals surface area contributed by atoms with E-state index in [0.29, 0.717) is 24.3 Å². The second kappa shape index (κ2) is 8.97. The highest BCUT2D eigenvalue weighted by molar-refractivity contribution is 7.89. The average Bonchev–Trinajstić information content (AvgIpc) is 2.75. The summed E-state index contributed by atoms with van der Waals surface area (Å²) >= 11 is 0. The highest BCUT2D eigenvalue weighted by atomic mass is 32.2. The molecule has 1 aliphatic heterocycles. The van der Waals surface area contributed by atoms with Crippen LogP contribution in [0.5, 0.6) is 11.5 Å². The van der Waals surface area contributed by atoms with Gasteiger partial charge in [-0.2, -0.15) is 4.31 Å². The van der Waals surface area contributed by atoms with E-state index in [1.807, 2.05) is 0 Å². The molecule has 0 spiro atoms. The van der Waals surface area contributed by atoms with Crippen molar-refractivity contribution in [3.63, 3.8) is 0 Å². The van der Waals surface area contributed by atoms with Crippen LogP contribution in [0, 0.1) is 17.6 Å². The molecule has 0 radical (unpaired) electrons. The van der Waals surface area contributed by atoms with Gasteiger partial charge in [-0.3, -0.25) is 4.79 Å². The van der Waals surface area contributed by atoms with Crippen LogP contribution in [0.25, 0.3) is 0 Å². The van der Waals surface area contributed by atoms with Gasteiger partial charge >= 0.3 is 0 Å². The topological polar surface area (TPSA) is 84.9 Å². The van der Waals surface area contributed by atoms with Gasteiger partial charge in [-0.15, -0.1) is 0 Å². The van der Waals surface area contributed by atoms with Crippen molar-refractivity contribution >= 4 is 21.6 Å². The van der Waals surface area contributed by atoms with Crippen molar-refractivity contribution < 1.29 is 31.5 Å². The van der Waals surface area contributed by atoms with E-state index in [-0.39, 0.29) is 29.6 Å². The molecule has 7 nitrogen and oxygen atoms in total. The van der Waals surface area contributed by atoms with E-state index in [1.54, 1.807) is 0 Å². The summed E-state index contributed by atoms with van der Waals surface area (Å²) in [7, 11) is -0.881. The lowest BCUT2D eigenvalue weighted by Crippen LogP contribution is -2.41. The maximum absolute atomic E-state index is 13.3. The van der Waals surface area contributed by atoms with Gasteiger partial charge in [0.15, 0.2) is 23.1 Å². The Hall–Kier alpha value is -2.72. The first-order valence-corrected chi connectivity index (χ1v) is 10.7. The Balaban J connectivity index is 1.65. The summed E-state index contributed by atoms with van der Waals surface area (Å²) < 4.78 is 63.8. The number of hydrogen-bond acceptors (Lipinski definition) is 5. The van der Waals surface area contributed by atoms with Gasteiger partial charge in [-0.25, -0.2) is 17.2 Å². The lowest BCUT2D eigenvalue weighted by atomic mass is 9.97. The van der Waals surface area contributed by atoms with Gasteiger partial charge in [0, 0.05) is 36.8 Å². The number of hydrogen-bond donors (Lipinski definition) is 1. The second-order valence-corrected chi connectivity index (χ2v) is 8.75. The lowest BCUT2D eigenvalue weighted by Gasteiger charge is -2.30. The molecule has 2 aromatic rings. The third kappa shape index (κ3) is 4.54. The fourth-order valence-electron chi connectivity index (χ4n) is 3.30. The van der Waals surface area contributed by atoms with E-state index < -0.39 is 27.6 Å². The number of anilines is 1. The summed E-state index contributed by atoms with van der Waals surface area (Å²) in [6, 6.07) is 7.47. The monoisotopic (exact) mass is 440 g/mol. The number of carbonyl (C=O) groups excluding carboxylic acids is 1. The molecule has 0 saturated carbocycles. The van der Waals surface area contributed by atoms with Gasteiger partial charge in [-0.05, 0) is 37.1 Å². The quantitative estimate of drug-likeness (QED) is 0.747. The summed E-state index contributed by atoms with van der Waals surface area (Å²) in [5, 5.41) is 2.55. The normalized spacial score (nSPS) is 15.6. The fourth-order valence-corrected chi connectivity index (χ4v) is 4.79. The van der Waals surface area contributed by atoms with Crippen molar-refractivity contribution in [3.8, 4) is 11.5 Å². The molecule has 0 unspecified atom stereocenters. The van der Waals surface area contributed by atoms with Gasteiger partial charge < -0.3 is 14.8 Å². The third-order valence-electron chi connectivity index (χ3n) is 5.00. The number of nitrogens with one attached hydrogen (secondary N) is 1. The first-order valence-electron chi connectivity index (χ1n) is 9.24. The first kappa shape index (κ1) is 22.0. The number of sulfonamides is 1. The molecule has 162 valence electrons. The standard InChI is InChI=1S/C20H22F2N2O5S/c1-28-18-6-4-15(12-19(18)29-2)30(26,27)24-9-7-13(8-10-24)20(25)23-14-3-5-16(21)17(22)11-14/h3-6,11-13H,7-10H2,1-2H3,(H,23,25). The predicted molar refractivity (Wildman–Crippen MR) is 106 cm³/mol. The van der Waals surface area contributed by atoms with E-state index in [1.165, 1.54) is 42.8 Å². The number of methoxy groups -OCH3 is 2. The van der Waals surface area contributed by atoms with Gasteiger partial charge in [0.1, 0.15) is 0 Å². The average molecular weight is 440 g/mol. The van der Waals surface area contributed by atoms with Gasteiger partial charge in [0.05, 0.1) is 19.1 Å². The molecule has 2 aromatic carbocycles. The summed E-state index contributed by atoms with van der Waals surface area (Å²) in [5.74, 6) is -2.12. The van der Waals surface area contributed by atoms with Crippen molar-refractivity contribution in [2.75, 3.05) is 32.6 Å². The number of halogens is 2. The summed E-state index contributed by atoms with van der Waals surface area (Å²) in [5.41, 5.74) is 0.152. The van der Waals surface area contributed by atoms with Crippen molar-refractivity contribution in [1.29, 1.82) is 0 Å². The van der Waals surface area contributed by atoms with Gasteiger partial charge in [-0.1, -0.05) is 0 Å². The zero-order valence-corrected chi connectivity index (χ0v) is 17.3. The summed E-state index contributed by atoms with van der Waals surface area (Å²) in [6.07, 6.45) is 0.615. The number of rotatable bonds is 6. The van der Waals surface area contributed by atoms with Gasteiger partial charge in [0.2, 0.25) is 15.9 Å². The van der Waals surface area contributed by atoms with Crippen LogP contribution < -0.4 is 14.8 Å². The Morgan fingerprint density at radius 3 is 2.27 bits per heavy atom. The molecule has 0 atom stereocenters. The predicted octanol–water partition coefficient (Wildman–Crippen LogP) is 3.02. The molecule has 1 aliphatic rings. The number of nitrogens with zero attached hydrogens (tertiary/aromatic N) is 1. The van der Waals surface area contributed by atoms with E-state index in [4.69, 9.17) is 9.47 Å². The smallest absolute Gasteiger partial charge is 0.243 e. The molecule has 3 rings (SSSR count). The van der Waals surface area contributed by atoms with Crippen LogP contribution in [0.15, 0.2) is 41.3 Å². The second-order valence-electron chi connectivity index (χ2n) is 6.81. The van der Waals surface area contributed by atoms with Crippen LogP contribution in [0.4, 0.5) is 14.5 Å². The summed E-state index contributed by atoms with van der Waals surface area (Å²) in [6.45, 7) is 0.319. The highest BCUT2D eigenvalue weighted by Crippen LogP contribution is 2.32. The number of benzene rings is 2. The third-order valence-corrected chi connectivity index (χ3v) is 6.90. The van der Waals surface area contributed by atoms with E-state index in [2.05, 4.69) is 5.32 Å². The van der Waals surface area contributed by atoms with E-state index in [9.17, 15) is 22.0 Å². The lowest BCUT2D eigenvalue weighted by molar-refractivity contribution is -0.120. The van der Waals surface area contributed by atoms with E-state index in [0.717, 1.165) is 12.1 Å². The maximum atomic E-state index is 13.3. The van der Waals surface area contributed by atoms with Crippen LogP contribution in [0.3, 0.4) is 0 Å². The number of carbonyl (C=O) groups is 1. The Kier molecular flexibility index (Phi) is 6.57. The molecule has 1 N–H and O–H groups in total. The number of amides is 1. The summed E-state index contributed by atoms with van der Waals surface area (Å²) in [4.78, 5) is 12.5. The van der Waals surface area contributed by atoms with E-state index >= 15 is 0 Å². The van der Waals surface area contributed by atoms with Crippen molar-refractivity contribution in [2.45, 2.75) is 17.7 Å². The zero-order valence-electron chi connectivity index (χ0n) is 16.5. The minimum Gasteiger partial charge on any atom is -0.493 e. The Morgan fingerprint density at radius 2 is 1.67 bits per heavy atom. The van der Waals surface area contributed by atoms with Gasteiger partial charge in [0.25, 0.3) is 0 Å². The molecule has 10 heteroatoms. The largest absolute Gasteiger partial charge is 0.493 e. The molecular weight excluding hydrogens is 418 g/mol. The molecule has 0 bridgehead atoms. The highest BCUT2D eigenvalue weighted by Gasteiger charge is 2.32. The van der Waals surface area contributed by atoms with Crippen LogP contribution in [0.2, 0.25) is 0 Å².